The van der Waals surface area contributed by atoms with Gasteiger partial charge in [0.05, 0.1) is 0 Å². The molecular formula is C8H8S2Sn. The van der Waals surface area contributed by atoms with Crippen molar-refractivity contribution in [1.29, 1.82) is 0 Å². The zero-order chi connectivity index (χ0) is 7.07. The molecule has 3 heteroatoms. The first-order valence-electron chi connectivity index (χ1n) is 2.94. The molecule has 0 fully saturated rings. The van der Waals surface area contributed by atoms with Gasteiger partial charge in [-0.1, -0.05) is 24.3 Å². The Hall–Kier alpha value is 0.199. The molecule has 0 unspecified atom stereocenters. The van der Waals surface area contributed by atoms with E-state index >= 15 is 0 Å². The smallest absolute Gasteiger partial charge is 0 e. The monoisotopic (exact) mass is 288 g/mol. The molecule has 11 heavy (non-hydrogen) atoms. The van der Waals surface area contributed by atoms with Crippen molar-refractivity contribution < 1.29 is 0 Å². The van der Waals surface area contributed by atoms with E-state index in [1.165, 1.54) is 0 Å². The van der Waals surface area contributed by atoms with Gasteiger partial charge in [0.2, 0.25) is 0 Å². The molecule has 4 radical (unpaired) electrons. The Labute approximate surface area is 91.9 Å². The van der Waals surface area contributed by atoms with Crippen LogP contribution in [0.25, 0.3) is 0 Å². The van der Waals surface area contributed by atoms with Crippen molar-refractivity contribution in [3.63, 3.8) is 0 Å². The van der Waals surface area contributed by atoms with Gasteiger partial charge in [-0.15, -0.1) is 0 Å². The maximum atomic E-state index is 2.04. The number of hydrogen-bond acceptors (Lipinski definition) is 2. The molecular weight excluding hydrogens is 279 g/mol. The van der Waals surface area contributed by atoms with Gasteiger partial charge >= 0.3 is 0 Å². The standard InChI is InChI=1S/2C4H4S.Sn/c2*1-2-4-5-3-1;/h2*1-4H;. The molecule has 0 nitrogen and oxygen atoms in total. The van der Waals surface area contributed by atoms with Crippen LogP contribution in [0.15, 0.2) is 45.8 Å². The molecule has 2 aromatic heterocycles. The maximum Gasteiger partial charge on any atom is 0 e. The summed E-state index contributed by atoms with van der Waals surface area (Å²) in [6.45, 7) is 0. The molecule has 0 amide bonds. The van der Waals surface area contributed by atoms with Gasteiger partial charge < -0.3 is 0 Å². The van der Waals surface area contributed by atoms with Gasteiger partial charge in [0.1, 0.15) is 0 Å². The van der Waals surface area contributed by atoms with Crippen LogP contribution in [-0.4, -0.2) is 23.9 Å². The number of rotatable bonds is 0. The van der Waals surface area contributed by atoms with Crippen LogP contribution in [0.3, 0.4) is 0 Å². The van der Waals surface area contributed by atoms with Crippen molar-refractivity contribution in [1.82, 2.24) is 0 Å². The Balaban J connectivity index is 0.000000167. The van der Waals surface area contributed by atoms with E-state index in [1.807, 2.05) is 45.8 Å². The summed E-state index contributed by atoms with van der Waals surface area (Å²) in [7, 11) is 0. The van der Waals surface area contributed by atoms with Crippen molar-refractivity contribution in [2.45, 2.75) is 0 Å². The average molecular weight is 287 g/mol. The molecule has 2 rings (SSSR count). The predicted octanol–water partition coefficient (Wildman–Crippen LogP) is 3.12. The van der Waals surface area contributed by atoms with Crippen LogP contribution in [0.5, 0.6) is 0 Å². The molecule has 0 aromatic carbocycles. The van der Waals surface area contributed by atoms with Gasteiger partial charge in [0.25, 0.3) is 0 Å². The second-order valence-electron chi connectivity index (χ2n) is 1.59. The molecule has 0 bridgehead atoms. The van der Waals surface area contributed by atoms with Gasteiger partial charge in [-0.2, -0.15) is 22.7 Å². The minimum Gasteiger partial charge on any atom is -0.152 e. The van der Waals surface area contributed by atoms with Crippen molar-refractivity contribution in [3.05, 3.63) is 45.8 Å². The maximum absolute atomic E-state index is 2.04. The first kappa shape index (κ1) is 11.2. The topological polar surface area (TPSA) is 0 Å². The SMILES string of the molecule is [Sn].c1ccsc1.c1ccsc1. The summed E-state index contributed by atoms with van der Waals surface area (Å²) >= 11 is 3.43. The summed E-state index contributed by atoms with van der Waals surface area (Å²) in [5.41, 5.74) is 0. The summed E-state index contributed by atoms with van der Waals surface area (Å²) in [5.74, 6) is 0. The largest absolute Gasteiger partial charge is 0.152 e. The first-order valence-corrected chi connectivity index (χ1v) is 4.83. The summed E-state index contributed by atoms with van der Waals surface area (Å²) in [4.78, 5) is 0. The van der Waals surface area contributed by atoms with Crippen molar-refractivity contribution in [2.24, 2.45) is 0 Å². The normalized spacial score (nSPS) is 7.27. The van der Waals surface area contributed by atoms with Crippen molar-refractivity contribution in [2.75, 3.05) is 0 Å². The van der Waals surface area contributed by atoms with E-state index in [9.17, 15) is 0 Å². The molecule has 0 aliphatic heterocycles. The van der Waals surface area contributed by atoms with E-state index in [4.69, 9.17) is 0 Å². The van der Waals surface area contributed by atoms with E-state index < -0.39 is 0 Å². The Kier molecular flexibility index (Phi) is 8.45. The second-order valence-corrected chi connectivity index (χ2v) is 3.22. The molecule has 2 heterocycles. The number of hydrogen-bond donors (Lipinski definition) is 0. The average Bonchev–Trinajstić information content (AvgIpc) is 2.67. The van der Waals surface area contributed by atoms with E-state index in [-0.39, 0.29) is 23.9 Å². The number of thiophene rings is 2. The van der Waals surface area contributed by atoms with Crippen LogP contribution in [0.1, 0.15) is 0 Å². The third kappa shape index (κ3) is 6.59. The van der Waals surface area contributed by atoms with Gasteiger partial charge in [-0.25, -0.2) is 0 Å². The van der Waals surface area contributed by atoms with Crippen LogP contribution in [0, 0.1) is 0 Å². The fourth-order valence-corrected chi connectivity index (χ4v) is 1.36. The van der Waals surface area contributed by atoms with Crippen molar-refractivity contribution in [3.8, 4) is 0 Å². The Morgan fingerprint density at radius 3 is 0.909 bits per heavy atom. The molecule has 2 aromatic rings. The van der Waals surface area contributed by atoms with E-state index in [0.29, 0.717) is 0 Å². The summed E-state index contributed by atoms with van der Waals surface area (Å²) in [6, 6.07) is 8.07. The van der Waals surface area contributed by atoms with E-state index in [0.717, 1.165) is 0 Å². The van der Waals surface area contributed by atoms with Crippen LogP contribution in [0.2, 0.25) is 0 Å². The predicted molar refractivity (Wildman–Crippen MR) is 54.4 cm³/mol. The molecule has 56 valence electrons. The molecule has 0 saturated heterocycles. The van der Waals surface area contributed by atoms with Crippen molar-refractivity contribution >= 4 is 46.6 Å². The van der Waals surface area contributed by atoms with Gasteiger partial charge in [-0.05, 0) is 21.5 Å². The zero-order valence-corrected chi connectivity index (χ0v) is 10.4. The fraction of sp³-hybridized carbons (Fsp3) is 0. The molecule has 0 aliphatic rings. The Morgan fingerprint density at radius 2 is 0.818 bits per heavy atom. The van der Waals surface area contributed by atoms with Crippen LogP contribution in [0.4, 0.5) is 0 Å². The quantitative estimate of drug-likeness (QED) is 0.653. The summed E-state index contributed by atoms with van der Waals surface area (Å²) < 4.78 is 0. The minimum atomic E-state index is 0. The van der Waals surface area contributed by atoms with Crippen LogP contribution in [-0.2, 0) is 0 Å². The van der Waals surface area contributed by atoms with E-state index in [2.05, 4.69) is 0 Å². The van der Waals surface area contributed by atoms with E-state index in [1.54, 1.807) is 22.7 Å². The summed E-state index contributed by atoms with van der Waals surface area (Å²) in [6.07, 6.45) is 0. The van der Waals surface area contributed by atoms with Crippen LogP contribution >= 0.6 is 22.7 Å². The first-order chi connectivity index (χ1) is 5.00. The molecule has 0 atom stereocenters. The second kappa shape index (κ2) is 8.30. The Morgan fingerprint density at radius 1 is 0.545 bits per heavy atom. The zero-order valence-electron chi connectivity index (χ0n) is 5.94. The Bertz CT molecular complexity index is 151. The fourth-order valence-electron chi connectivity index (χ4n) is 0.454. The molecule has 0 N–H and O–H groups in total. The molecule has 0 saturated carbocycles. The van der Waals surface area contributed by atoms with Gasteiger partial charge in [0, 0.05) is 23.9 Å². The van der Waals surface area contributed by atoms with Gasteiger partial charge in [0.15, 0.2) is 0 Å². The summed E-state index contributed by atoms with van der Waals surface area (Å²) in [5, 5.41) is 8.17. The van der Waals surface area contributed by atoms with Gasteiger partial charge in [-0.3, -0.25) is 0 Å². The minimum absolute atomic E-state index is 0. The molecule has 0 aliphatic carbocycles. The third-order valence-corrected chi connectivity index (χ3v) is 2.11. The molecule has 0 spiro atoms. The third-order valence-electron chi connectivity index (χ3n) is 0.851. The van der Waals surface area contributed by atoms with Crippen LogP contribution < -0.4 is 0 Å².